The summed E-state index contributed by atoms with van der Waals surface area (Å²) in [4.78, 5) is 9.45. The Morgan fingerprint density at radius 2 is 1.82 bits per heavy atom. The second-order valence-electron chi connectivity index (χ2n) is 8.24. The van der Waals surface area contributed by atoms with E-state index in [0.29, 0.717) is 6.04 Å². The predicted molar refractivity (Wildman–Crippen MR) is 119 cm³/mol. The molecule has 1 saturated carbocycles. The molecule has 0 radical (unpaired) electrons. The molecule has 1 heterocycles. The van der Waals surface area contributed by atoms with E-state index >= 15 is 0 Å². The van der Waals surface area contributed by atoms with Crippen LogP contribution >= 0.6 is 11.6 Å². The first-order valence-corrected chi connectivity index (χ1v) is 11.2. The molecule has 2 aliphatic rings. The average Bonchev–Trinajstić information content (AvgIpc) is 3.25. The second kappa shape index (κ2) is 11.0. The lowest BCUT2D eigenvalue weighted by Crippen LogP contribution is -2.49. The number of nitrogens with one attached hydrogen (secondary N) is 2. The first-order chi connectivity index (χ1) is 13.6. The molecule has 0 amide bonds. The number of likely N-dealkylation sites (tertiary alicyclic amines) is 1. The summed E-state index contributed by atoms with van der Waals surface area (Å²) < 4.78 is 0. The van der Waals surface area contributed by atoms with Crippen LogP contribution in [0.3, 0.4) is 0 Å². The highest BCUT2D eigenvalue weighted by atomic mass is 35.5. The van der Waals surface area contributed by atoms with Gasteiger partial charge < -0.3 is 15.5 Å². The van der Waals surface area contributed by atoms with Crippen LogP contribution in [0.1, 0.15) is 44.1 Å². The van der Waals surface area contributed by atoms with Crippen LogP contribution in [-0.4, -0.2) is 68.1 Å². The summed E-state index contributed by atoms with van der Waals surface area (Å²) in [6.07, 6.45) is 7.80. The van der Waals surface area contributed by atoms with Crippen molar-refractivity contribution in [2.75, 3.05) is 40.3 Å². The van der Waals surface area contributed by atoms with Crippen molar-refractivity contribution in [3.63, 3.8) is 0 Å². The first-order valence-electron chi connectivity index (χ1n) is 10.8. The summed E-state index contributed by atoms with van der Waals surface area (Å²) in [5.74, 6) is 0.941. The molecule has 2 N–H and O–H groups in total. The Bertz CT molecular complexity index is 604. The van der Waals surface area contributed by atoms with E-state index in [2.05, 4.69) is 44.6 Å². The molecule has 1 aliphatic carbocycles. The normalized spacial score (nSPS) is 20.1. The van der Waals surface area contributed by atoms with E-state index in [-0.39, 0.29) is 0 Å². The number of piperidine rings is 1. The van der Waals surface area contributed by atoms with Crippen molar-refractivity contribution in [2.24, 2.45) is 4.99 Å². The molecular weight excluding hydrogens is 370 g/mol. The molecule has 28 heavy (non-hydrogen) atoms. The molecule has 156 valence electrons. The summed E-state index contributed by atoms with van der Waals surface area (Å²) in [6.45, 7) is 5.25. The number of halogens is 1. The lowest BCUT2D eigenvalue weighted by Gasteiger charge is -2.33. The molecule has 5 nitrogen and oxygen atoms in total. The van der Waals surface area contributed by atoms with Crippen LogP contribution < -0.4 is 10.6 Å². The minimum absolute atomic E-state index is 0.500. The van der Waals surface area contributed by atoms with Gasteiger partial charge in [0.1, 0.15) is 0 Å². The summed E-state index contributed by atoms with van der Waals surface area (Å²) in [7, 11) is 4.12. The number of aliphatic imine (C=N–C) groups is 1. The predicted octanol–water partition coefficient (Wildman–Crippen LogP) is 3.34. The van der Waals surface area contributed by atoms with Gasteiger partial charge in [-0.05, 0) is 50.4 Å². The van der Waals surface area contributed by atoms with Gasteiger partial charge >= 0.3 is 0 Å². The molecule has 1 aromatic carbocycles. The van der Waals surface area contributed by atoms with Crippen LogP contribution in [-0.2, 0) is 6.54 Å². The number of hydrogen-bond donors (Lipinski definition) is 2. The Morgan fingerprint density at radius 1 is 1.14 bits per heavy atom. The largest absolute Gasteiger partial charge is 0.355 e. The van der Waals surface area contributed by atoms with Gasteiger partial charge in [0, 0.05) is 56.9 Å². The van der Waals surface area contributed by atoms with Crippen LogP contribution in [0.15, 0.2) is 29.3 Å². The molecule has 6 heteroatoms. The molecule has 0 spiro atoms. The fraction of sp³-hybridized carbons (Fsp3) is 0.682. The molecule has 0 bridgehead atoms. The van der Waals surface area contributed by atoms with Gasteiger partial charge in [0.25, 0.3) is 0 Å². The summed E-state index contributed by atoms with van der Waals surface area (Å²) in [5.41, 5.74) is 1.33. The zero-order chi connectivity index (χ0) is 19.8. The van der Waals surface area contributed by atoms with Crippen molar-refractivity contribution in [3.05, 3.63) is 34.9 Å². The SMILES string of the molecule is CN=C(NCCN(C)C1CCCC1)NC1CCN(Cc2ccc(Cl)cc2)CC1. The summed E-state index contributed by atoms with van der Waals surface area (Å²) in [5, 5.41) is 7.92. The number of guanidine groups is 1. The van der Waals surface area contributed by atoms with E-state index in [4.69, 9.17) is 11.6 Å². The third kappa shape index (κ3) is 6.64. The third-order valence-electron chi connectivity index (χ3n) is 6.18. The van der Waals surface area contributed by atoms with Gasteiger partial charge in [-0.1, -0.05) is 36.6 Å². The highest BCUT2D eigenvalue weighted by Gasteiger charge is 2.21. The Labute approximate surface area is 175 Å². The minimum Gasteiger partial charge on any atom is -0.355 e. The van der Waals surface area contributed by atoms with E-state index in [1.54, 1.807) is 0 Å². The fourth-order valence-corrected chi connectivity index (χ4v) is 4.48. The number of nitrogens with zero attached hydrogens (tertiary/aromatic N) is 3. The molecule has 1 saturated heterocycles. The molecule has 1 aliphatic heterocycles. The third-order valence-corrected chi connectivity index (χ3v) is 6.43. The van der Waals surface area contributed by atoms with Crippen LogP contribution in [0.5, 0.6) is 0 Å². The summed E-state index contributed by atoms with van der Waals surface area (Å²) >= 11 is 5.98. The van der Waals surface area contributed by atoms with E-state index in [1.807, 2.05) is 19.2 Å². The van der Waals surface area contributed by atoms with Crippen molar-refractivity contribution in [1.29, 1.82) is 0 Å². The number of hydrogen-bond acceptors (Lipinski definition) is 3. The monoisotopic (exact) mass is 405 g/mol. The van der Waals surface area contributed by atoms with Crippen LogP contribution in [0, 0.1) is 0 Å². The number of rotatable bonds is 7. The Hall–Kier alpha value is -1.30. The minimum atomic E-state index is 0.500. The fourth-order valence-electron chi connectivity index (χ4n) is 4.35. The molecule has 2 fully saturated rings. The van der Waals surface area contributed by atoms with E-state index < -0.39 is 0 Å². The number of benzene rings is 1. The van der Waals surface area contributed by atoms with Crippen LogP contribution in [0.2, 0.25) is 5.02 Å². The maximum absolute atomic E-state index is 5.98. The van der Waals surface area contributed by atoms with Crippen LogP contribution in [0.25, 0.3) is 0 Å². The lowest BCUT2D eigenvalue weighted by atomic mass is 10.0. The molecular formula is C22H36ClN5. The lowest BCUT2D eigenvalue weighted by molar-refractivity contribution is 0.198. The maximum Gasteiger partial charge on any atom is 0.191 e. The molecule has 3 rings (SSSR count). The van der Waals surface area contributed by atoms with E-state index in [1.165, 1.54) is 31.2 Å². The Balaban J connectivity index is 1.33. The van der Waals surface area contributed by atoms with Crippen molar-refractivity contribution in [2.45, 2.75) is 57.2 Å². The standard InChI is InChI=1S/C22H36ClN5/c1-24-22(25-13-16-27(2)21-5-3-4-6-21)26-20-11-14-28(15-12-20)17-18-7-9-19(23)10-8-18/h7-10,20-21H,3-6,11-17H2,1-2H3,(H2,24,25,26). The Kier molecular flexibility index (Phi) is 8.44. The molecule has 0 atom stereocenters. The van der Waals surface area contributed by atoms with Gasteiger partial charge in [-0.2, -0.15) is 0 Å². The summed E-state index contributed by atoms with van der Waals surface area (Å²) in [6, 6.07) is 9.49. The van der Waals surface area contributed by atoms with E-state index in [9.17, 15) is 0 Å². The van der Waals surface area contributed by atoms with Crippen molar-refractivity contribution < 1.29 is 0 Å². The molecule has 0 aromatic heterocycles. The van der Waals surface area contributed by atoms with Gasteiger partial charge in [-0.15, -0.1) is 0 Å². The molecule has 0 unspecified atom stereocenters. The molecule has 1 aromatic rings. The van der Waals surface area contributed by atoms with Crippen molar-refractivity contribution >= 4 is 17.6 Å². The van der Waals surface area contributed by atoms with Gasteiger partial charge in [0.15, 0.2) is 5.96 Å². The zero-order valence-electron chi connectivity index (χ0n) is 17.5. The highest BCUT2D eigenvalue weighted by molar-refractivity contribution is 6.30. The smallest absolute Gasteiger partial charge is 0.191 e. The Morgan fingerprint density at radius 3 is 2.46 bits per heavy atom. The van der Waals surface area contributed by atoms with Crippen molar-refractivity contribution in [1.82, 2.24) is 20.4 Å². The van der Waals surface area contributed by atoms with Gasteiger partial charge in [0.05, 0.1) is 0 Å². The number of likely N-dealkylation sites (N-methyl/N-ethyl adjacent to an activating group) is 1. The zero-order valence-corrected chi connectivity index (χ0v) is 18.2. The first kappa shape index (κ1) is 21.4. The van der Waals surface area contributed by atoms with Crippen LogP contribution in [0.4, 0.5) is 0 Å². The van der Waals surface area contributed by atoms with E-state index in [0.717, 1.165) is 62.6 Å². The maximum atomic E-state index is 5.98. The quantitative estimate of drug-likeness (QED) is 0.539. The van der Waals surface area contributed by atoms with Crippen molar-refractivity contribution in [3.8, 4) is 0 Å². The second-order valence-corrected chi connectivity index (χ2v) is 8.68. The van der Waals surface area contributed by atoms with Gasteiger partial charge in [0.2, 0.25) is 0 Å². The highest BCUT2D eigenvalue weighted by Crippen LogP contribution is 2.21. The average molecular weight is 406 g/mol. The van der Waals surface area contributed by atoms with Gasteiger partial charge in [-0.3, -0.25) is 9.89 Å². The topological polar surface area (TPSA) is 42.9 Å². The van der Waals surface area contributed by atoms with Gasteiger partial charge in [-0.25, -0.2) is 0 Å².